The normalized spacial score (nSPS) is 19.8. The van der Waals surface area contributed by atoms with Crippen molar-refractivity contribution in [2.45, 2.75) is 25.9 Å². The number of anilines is 1. The second kappa shape index (κ2) is 8.41. The Bertz CT molecular complexity index is 1110. The van der Waals surface area contributed by atoms with Crippen LogP contribution in [0.2, 0.25) is 0 Å². The van der Waals surface area contributed by atoms with Crippen LogP contribution < -0.4 is 4.90 Å². The van der Waals surface area contributed by atoms with Crippen LogP contribution in [0.15, 0.2) is 29.6 Å². The molecule has 3 aromatic rings. The highest BCUT2D eigenvalue weighted by Gasteiger charge is 2.32. The van der Waals surface area contributed by atoms with Crippen molar-refractivity contribution in [2.24, 2.45) is 0 Å². The van der Waals surface area contributed by atoms with Crippen molar-refractivity contribution < 1.29 is 19.4 Å². The largest absolute Gasteiger partial charge is 0.508 e. The number of cyclic esters (lactones) is 1. The van der Waals surface area contributed by atoms with E-state index in [1.54, 1.807) is 23.5 Å². The van der Waals surface area contributed by atoms with E-state index in [-0.39, 0.29) is 24.5 Å². The highest BCUT2D eigenvalue weighted by Crippen LogP contribution is 2.33. The fourth-order valence-corrected chi connectivity index (χ4v) is 5.01. The number of morpholine rings is 1. The summed E-state index contributed by atoms with van der Waals surface area (Å²) in [6.45, 7) is 5.67. The van der Waals surface area contributed by atoms with E-state index >= 15 is 0 Å². The number of thiophene rings is 1. The molecule has 8 nitrogen and oxygen atoms in total. The summed E-state index contributed by atoms with van der Waals surface area (Å²) in [7, 11) is 0. The lowest BCUT2D eigenvalue weighted by Gasteiger charge is -2.28. The molecular weight excluding hydrogens is 416 g/mol. The highest BCUT2D eigenvalue weighted by atomic mass is 32.1. The molecule has 0 radical (unpaired) electrons. The smallest absolute Gasteiger partial charge is 0.324 e. The lowest BCUT2D eigenvalue weighted by Crippen LogP contribution is -2.36. The number of hydrogen-bond acceptors (Lipinski definition) is 9. The third kappa shape index (κ3) is 3.96. The predicted molar refractivity (Wildman–Crippen MR) is 118 cm³/mol. The van der Waals surface area contributed by atoms with Gasteiger partial charge >= 0.3 is 5.97 Å². The molecule has 1 atom stereocenters. The third-order valence-electron chi connectivity index (χ3n) is 5.69. The van der Waals surface area contributed by atoms with Gasteiger partial charge in [0.15, 0.2) is 11.6 Å². The van der Waals surface area contributed by atoms with Crippen LogP contribution in [0.4, 0.5) is 5.82 Å². The van der Waals surface area contributed by atoms with E-state index < -0.39 is 0 Å². The van der Waals surface area contributed by atoms with Gasteiger partial charge in [-0.15, -0.1) is 11.3 Å². The van der Waals surface area contributed by atoms with E-state index in [0.29, 0.717) is 32.0 Å². The van der Waals surface area contributed by atoms with Crippen LogP contribution in [0, 0.1) is 0 Å². The van der Waals surface area contributed by atoms with Crippen molar-refractivity contribution in [3.63, 3.8) is 0 Å². The molecule has 9 heteroatoms. The average Bonchev–Trinajstić information content (AvgIpc) is 3.39. The molecule has 2 saturated heterocycles. The summed E-state index contributed by atoms with van der Waals surface area (Å²) < 4.78 is 11.7. The van der Waals surface area contributed by atoms with Crippen LogP contribution in [0.25, 0.3) is 21.6 Å². The van der Waals surface area contributed by atoms with E-state index in [1.807, 2.05) is 29.3 Å². The van der Waals surface area contributed by atoms with Crippen molar-refractivity contribution in [3.8, 4) is 17.1 Å². The standard InChI is InChI=1S/C22H24N4O4S/c1-2-18-22(28)30-13-26(18)12-14-9-15(11-16(27)10-14)20-23-17-3-8-31-19(17)21(24-20)25-4-6-29-7-5-25/h3,8-11,18,27H,2,4-7,12-13H2,1H3. The topological polar surface area (TPSA) is 88.0 Å². The molecule has 31 heavy (non-hydrogen) atoms. The van der Waals surface area contributed by atoms with E-state index in [9.17, 15) is 9.90 Å². The van der Waals surface area contributed by atoms with Crippen LogP contribution in [-0.4, -0.2) is 65.0 Å². The fourth-order valence-electron chi connectivity index (χ4n) is 4.16. The van der Waals surface area contributed by atoms with E-state index in [1.165, 1.54) is 0 Å². The van der Waals surface area contributed by atoms with Gasteiger partial charge in [-0.3, -0.25) is 9.69 Å². The lowest BCUT2D eigenvalue weighted by molar-refractivity contribution is -0.139. The number of esters is 1. The fraction of sp³-hybridized carbons (Fsp3) is 0.409. The highest BCUT2D eigenvalue weighted by molar-refractivity contribution is 7.17. The summed E-state index contributed by atoms with van der Waals surface area (Å²) in [5.41, 5.74) is 2.52. The first-order valence-corrected chi connectivity index (χ1v) is 11.3. The molecule has 0 spiro atoms. The summed E-state index contributed by atoms with van der Waals surface area (Å²) in [5.74, 6) is 1.44. The summed E-state index contributed by atoms with van der Waals surface area (Å²) in [6.07, 6.45) is 0.686. The first-order chi connectivity index (χ1) is 15.1. The van der Waals surface area contributed by atoms with Gasteiger partial charge in [-0.1, -0.05) is 6.92 Å². The Morgan fingerprint density at radius 1 is 1.23 bits per heavy atom. The van der Waals surface area contributed by atoms with Gasteiger partial charge in [0.2, 0.25) is 0 Å². The zero-order chi connectivity index (χ0) is 21.4. The SMILES string of the molecule is CCC1C(=O)OCN1Cc1cc(O)cc(-c2nc(N3CCOCC3)c3sccc3n2)c1. The van der Waals surface area contributed by atoms with E-state index in [2.05, 4.69) is 4.90 Å². The van der Waals surface area contributed by atoms with Gasteiger partial charge in [-0.05, 0) is 41.6 Å². The molecular formula is C22H24N4O4S. The van der Waals surface area contributed by atoms with Gasteiger partial charge < -0.3 is 19.5 Å². The minimum Gasteiger partial charge on any atom is -0.508 e. The molecule has 0 saturated carbocycles. The van der Waals surface area contributed by atoms with Gasteiger partial charge in [0.1, 0.15) is 18.5 Å². The minimum absolute atomic E-state index is 0.147. The summed E-state index contributed by atoms with van der Waals surface area (Å²) in [5, 5.41) is 12.4. The average molecular weight is 441 g/mol. The predicted octanol–water partition coefficient (Wildman–Crippen LogP) is 3.00. The number of aromatic nitrogens is 2. The molecule has 1 N–H and O–H groups in total. The number of rotatable bonds is 5. The molecule has 2 aromatic heterocycles. The van der Waals surface area contributed by atoms with Crippen molar-refractivity contribution in [2.75, 3.05) is 37.9 Å². The molecule has 0 bridgehead atoms. The lowest BCUT2D eigenvalue weighted by atomic mass is 10.1. The van der Waals surface area contributed by atoms with Gasteiger partial charge in [0, 0.05) is 25.2 Å². The number of aromatic hydroxyl groups is 1. The number of hydrogen-bond donors (Lipinski definition) is 1. The number of nitrogens with zero attached hydrogens (tertiary/aromatic N) is 4. The second-order valence-electron chi connectivity index (χ2n) is 7.76. The van der Waals surface area contributed by atoms with Crippen LogP contribution in [0.1, 0.15) is 18.9 Å². The Morgan fingerprint density at radius 3 is 2.87 bits per heavy atom. The van der Waals surface area contributed by atoms with Crippen molar-refractivity contribution in [1.29, 1.82) is 0 Å². The molecule has 1 aromatic carbocycles. The van der Waals surface area contributed by atoms with Gasteiger partial charge in [0.25, 0.3) is 0 Å². The molecule has 0 amide bonds. The quantitative estimate of drug-likeness (QED) is 0.606. The van der Waals surface area contributed by atoms with Crippen LogP contribution in [0.3, 0.4) is 0 Å². The third-order valence-corrected chi connectivity index (χ3v) is 6.59. The maximum absolute atomic E-state index is 11.9. The summed E-state index contributed by atoms with van der Waals surface area (Å²) >= 11 is 1.63. The van der Waals surface area contributed by atoms with Gasteiger partial charge in [-0.25, -0.2) is 9.97 Å². The first kappa shape index (κ1) is 20.2. The molecule has 2 fully saturated rings. The first-order valence-electron chi connectivity index (χ1n) is 10.4. The van der Waals surface area contributed by atoms with Crippen molar-refractivity contribution >= 4 is 33.3 Å². The monoisotopic (exact) mass is 440 g/mol. The maximum Gasteiger partial charge on any atom is 0.324 e. The Labute approximate surface area is 184 Å². The summed E-state index contributed by atoms with van der Waals surface area (Å²) in [6, 6.07) is 7.12. The number of fused-ring (bicyclic) bond motifs is 1. The van der Waals surface area contributed by atoms with Crippen LogP contribution >= 0.6 is 11.3 Å². The van der Waals surface area contributed by atoms with Gasteiger partial charge in [0.05, 0.1) is 23.4 Å². The Hall–Kier alpha value is -2.75. The molecule has 1 unspecified atom stereocenters. The van der Waals surface area contributed by atoms with E-state index in [4.69, 9.17) is 19.4 Å². The van der Waals surface area contributed by atoms with Crippen molar-refractivity contribution in [1.82, 2.24) is 14.9 Å². The van der Waals surface area contributed by atoms with Crippen molar-refractivity contribution in [3.05, 3.63) is 35.2 Å². The van der Waals surface area contributed by atoms with Gasteiger partial charge in [-0.2, -0.15) is 0 Å². The number of phenols is 1. The zero-order valence-corrected chi connectivity index (χ0v) is 18.1. The Balaban J connectivity index is 1.50. The number of carbonyl (C=O) groups is 1. The number of carbonyl (C=O) groups excluding carboxylic acids is 1. The number of phenolic OH excluding ortho intramolecular Hbond substituents is 1. The molecule has 2 aliphatic rings. The zero-order valence-electron chi connectivity index (χ0n) is 17.3. The number of benzene rings is 1. The molecule has 2 aliphatic heterocycles. The minimum atomic E-state index is -0.253. The molecule has 162 valence electrons. The molecule has 4 heterocycles. The van der Waals surface area contributed by atoms with Crippen LogP contribution in [-0.2, 0) is 20.8 Å². The molecule has 5 rings (SSSR count). The Morgan fingerprint density at radius 2 is 2.06 bits per heavy atom. The molecule has 0 aliphatic carbocycles. The number of ether oxygens (including phenoxy) is 2. The van der Waals surface area contributed by atoms with E-state index in [0.717, 1.165) is 40.3 Å². The second-order valence-corrected chi connectivity index (χ2v) is 8.67. The Kier molecular flexibility index (Phi) is 5.47. The summed E-state index contributed by atoms with van der Waals surface area (Å²) in [4.78, 5) is 25.8. The van der Waals surface area contributed by atoms with Crippen LogP contribution in [0.5, 0.6) is 5.75 Å². The maximum atomic E-state index is 11.9.